The van der Waals surface area contributed by atoms with Crippen LogP contribution in [-0.2, 0) is 5.54 Å². The predicted octanol–water partition coefficient (Wildman–Crippen LogP) is 7.10. The van der Waals surface area contributed by atoms with Crippen LogP contribution in [0.2, 0.25) is 0 Å². The van der Waals surface area contributed by atoms with Gasteiger partial charge in [0.15, 0.2) is 5.82 Å². The van der Waals surface area contributed by atoms with Crippen molar-refractivity contribution in [1.82, 2.24) is 30.2 Å². The monoisotopic (exact) mass is 588 g/mol. The van der Waals surface area contributed by atoms with E-state index in [1.165, 1.54) is 6.20 Å². The summed E-state index contributed by atoms with van der Waals surface area (Å²) in [5.74, 6) is 1.18. The zero-order valence-corrected chi connectivity index (χ0v) is 24.4. The van der Waals surface area contributed by atoms with Gasteiger partial charge >= 0.3 is 5.97 Å². The van der Waals surface area contributed by atoms with E-state index in [0.717, 1.165) is 33.4 Å². The lowest BCUT2D eigenvalue weighted by Crippen LogP contribution is -2.39. The Hall–Kier alpha value is -6.15. The lowest BCUT2D eigenvalue weighted by molar-refractivity contribution is 0.0729. The maximum atomic E-state index is 12.6. The van der Waals surface area contributed by atoms with E-state index in [4.69, 9.17) is 9.95 Å². The van der Waals surface area contributed by atoms with E-state index in [2.05, 4.69) is 56.7 Å². The minimum Gasteiger partial charge on any atom is -0.422 e. The number of tetrazole rings is 1. The number of imidazole rings is 1. The second-order valence-corrected chi connectivity index (χ2v) is 10.6. The average molecular weight is 589 g/mol. The molecule has 1 N–H and O–H groups in total. The Morgan fingerprint density at radius 2 is 1.22 bits per heavy atom. The van der Waals surface area contributed by atoms with Gasteiger partial charge in [0.1, 0.15) is 22.8 Å². The SMILES string of the molecule is Cc1ncc(C(=O)Oc2ccc(-c3ccccc3-c3nnnn3C(c3ccccc3)(c3ccccc3)c3ccccc3)cc2)[nH]1. The number of carbonyl (C=O) groups excluding carboxylic acids is 1. The van der Waals surface area contributed by atoms with Crippen molar-refractivity contribution >= 4 is 5.97 Å². The molecule has 2 aromatic heterocycles. The van der Waals surface area contributed by atoms with Gasteiger partial charge in [-0.2, -0.15) is 0 Å². The first kappa shape index (κ1) is 27.7. The third-order valence-corrected chi connectivity index (χ3v) is 7.83. The van der Waals surface area contributed by atoms with Crippen molar-refractivity contribution in [3.63, 3.8) is 0 Å². The Morgan fingerprint density at radius 1 is 0.689 bits per heavy atom. The van der Waals surface area contributed by atoms with Gasteiger partial charge in [-0.05, 0) is 57.3 Å². The molecular formula is C37H28N6O2. The van der Waals surface area contributed by atoms with E-state index in [1.54, 1.807) is 19.1 Å². The number of carbonyl (C=O) groups is 1. The lowest BCUT2D eigenvalue weighted by atomic mass is 9.77. The van der Waals surface area contributed by atoms with Crippen molar-refractivity contribution in [2.24, 2.45) is 0 Å². The van der Waals surface area contributed by atoms with Gasteiger partial charge in [0.25, 0.3) is 0 Å². The lowest BCUT2D eigenvalue weighted by Gasteiger charge is -2.36. The molecule has 45 heavy (non-hydrogen) atoms. The zero-order valence-electron chi connectivity index (χ0n) is 24.4. The summed E-state index contributed by atoms with van der Waals surface area (Å²) in [5.41, 5.74) is 5.19. The second kappa shape index (κ2) is 11.9. The number of esters is 1. The number of hydrogen-bond donors (Lipinski definition) is 1. The maximum Gasteiger partial charge on any atom is 0.361 e. The Balaban J connectivity index is 1.36. The number of benzene rings is 5. The van der Waals surface area contributed by atoms with Gasteiger partial charge in [-0.3, -0.25) is 0 Å². The summed E-state index contributed by atoms with van der Waals surface area (Å²) >= 11 is 0. The molecule has 0 bridgehead atoms. The van der Waals surface area contributed by atoms with Crippen LogP contribution in [0.25, 0.3) is 22.5 Å². The van der Waals surface area contributed by atoms with Crippen LogP contribution in [0.3, 0.4) is 0 Å². The summed E-state index contributed by atoms with van der Waals surface area (Å²) in [6.07, 6.45) is 1.47. The fraction of sp³-hybridized carbons (Fsp3) is 0.0541. The molecule has 0 aliphatic heterocycles. The van der Waals surface area contributed by atoms with Crippen molar-refractivity contribution in [2.45, 2.75) is 12.5 Å². The van der Waals surface area contributed by atoms with Gasteiger partial charge in [-0.25, -0.2) is 14.5 Å². The van der Waals surface area contributed by atoms with E-state index in [0.29, 0.717) is 23.1 Å². The van der Waals surface area contributed by atoms with Gasteiger partial charge < -0.3 is 9.72 Å². The highest BCUT2D eigenvalue weighted by atomic mass is 16.5. The molecule has 2 heterocycles. The molecule has 8 heteroatoms. The number of hydrogen-bond acceptors (Lipinski definition) is 6. The highest BCUT2D eigenvalue weighted by Gasteiger charge is 2.42. The minimum absolute atomic E-state index is 0.299. The van der Waals surface area contributed by atoms with Crippen molar-refractivity contribution in [1.29, 1.82) is 0 Å². The molecule has 0 spiro atoms. The first-order chi connectivity index (χ1) is 22.1. The van der Waals surface area contributed by atoms with Crippen LogP contribution in [0, 0.1) is 6.92 Å². The highest BCUT2D eigenvalue weighted by Crippen LogP contribution is 2.43. The van der Waals surface area contributed by atoms with Crippen LogP contribution < -0.4 is 4.74 Å². The Morgan fingerprint density at radius 3 is 1.76 bits per heavy atom. The fourth-order valence-electron chi connectivity index (χ4n) is 5.80. The molecule has 0 saturated heterocycles. The molecule has 0 radical (unpaired) electrons. The molecule has 5 aromatic carbocycles. The normalized spacial score (nSPS) is 11.3. The van der Waals surface area contributed by atoms with Gasteiger partial charge in [0.2, 0.25) is 0 Å². The van der Waals surface area contributed by atoms with E-state index in [1.807, 2.05) is 95.7 Å². The number of nitrogens with one attached hydrogen (secondary N) is 1. The number of rotatable bonds is 8. The fourth-order valence-corrected chi connectivity index (χ4v) is 5.80. The van der Waals surface area contributed by atoms with Crippen molar-refractivity contribution in [2.75, 3.05) is 0 Å². The first-order valence-electron chi connectivity index (χ1n) is 14.5. The maximum absolute atomic E-state index is 12.6. The number of aromatic amines is 1. The van der Waals surface area contributed by atoms with Crippen molar-refractivity contribution < 1.29 is 9.53 Å². The van der Waals surface area contributed by atoms with E-state index in [-0.39, 0.29) is 0 Å². The molecule has 0 atom stereocenters. The van der Waals surface area contributed by atoms with Crippen LogP contribution in [-0.4, -0.2) is 36.1 Å². The molecular weight excluding hydrogens is 560 g/mol. The standard InChI is InChI=1S/C37H28N6O2/c1-26-38-25-34(39-26)36(44)45-31-23-21-27(22-24-31)32-19-11-12-20-33(32)35-40-41-42-43(35)37(28-13-5-2-6-14-28,29-15-7-3-8-16-29)30-17-9-4-10-18-30/h2-25H,1H3,(H,38,39). The van der Waals surface area contributed by atoms with E-state index in [9.17, 15) is 4.79 Å². The summed E-state index contributed by atoms with van der Waals surface area (Å²) in [5, 5.41) is 13.6. The number of ether oxygens (including phenoxy) is 1. The smallest absolute Gasteiger partial charge is 0.361 e. The summed E-state index contributed by atoms with van der Waals surface area (Å²) in [6.45, 7) is 1.78. The van der Waals surface area contributed by atoms with Crippen molar-refractivity contribution in [3.8, 4) is 28.3 Å². The molecule has 0 amide bonds. The third-order valence-electron chi connectivity index (χ3n) is 7.83. The molecule has 7 aromatic rings. The number of nitrogens with zero attached hydrogens (tertiary/aromatic N) is 5. The Kier molecular flexibility index (Phi) is 7.29. The summed E-state index contributed by atoms with van der Waals surface area (Å²) < 4.78 is 7.50. The Labute approximate surface area is 260 Å². The summed E-state index contributed by atoms with van der Waals surface area (Å²) in [7, 11) is 0. The third kappa shape index (κ3) is 5.08. The molecule has 0 aliphatic rings. The summed E-state index contributed by atoms with van der Waals surface area (Å²) in [6, 6.07) is 46.4. The van der Waals surface area contributed by atoms with Gasteiger partial charge in [-0.15, -0.1) is 5.10 Å². The molecule has 7 rings (SSSR count). The number of aryl methyl sites for hydroxylation is 1. The van der Waals surface area contributed by atoms with Gasteiger partial charge in [0.05, 0.1) is 6.20 Å². The molecule has 0 fully saturated rings. The molecule has 0 saturated carbocycles. The molecule has 8 nitrogen and oxygen atoms in total. The topological polar surface area (TPSA) is 98.6 Å². The summed E-state index contributed by atoms with van der Waals surface area (Å²) in [4.78, 5) is 19.5. The predicted molar refractivity (Wildman–Crippen MR) is 172 cm³/mol. The number of aromatic nitrogens is 6. The van der Waals surface area contributed by atoms with E-state index >= 15 is 0 Å². The quantitative estimate of drug-likeness (QED) is 0.116. The van der Waals surface area contributed by atoms with Gasteiger partial charge in [-0.1, -0.05) is 127 Å². The van der Waals surface area contributed by atoms with Crippen LogP contribution >= 0.6 is 0 Å². The van der Waals surface area contributed by atoms with Crippen molar-refractivity contribution in [3.05, 3.63) is 174 Å². The zero-order chi connectivity index (χ0) is 30.6. The largest absolute Gasteiger partial charge is 0.422 e. The number of H-pyrrole nitrogens is 1. The second-order valence-electron chi connectivity index (χ2n) is 10.6. The first-order valence-corrected chi connectivity index (χ1v) is 14.5. The average Bonchev–Trinajstić information content (AvgIpc) is 3.77. The van der Waals surface area contributed by atoms with Gasteiger partial charge in [0, 0.05) is 5.56 Å². The highest BCUT2D eigenvalue weighted by molar-refractivity contribution is 5.89. The van der Waals surface area contributed by atoms with Crippen LogP contribution in [0.15, 0.2) is 146 Å². The molecule has 218 valence electrons. The molecule has 0 aliphatic carbocycles. The van der Waals surface area contributed by atoms with Crippen LogP contribution in [0.4, 0.5) is 0 Å². The van der Waals surface area contributed by atoms with E-state index < -0.39 is 11.5 Å². The Bertz CT molecular complexity index is 1960. The van der Waals surface area contributed by atoms with Crippen LogP contribution in [0.5, 0.6) is 5.75 Å². The molecule has 0 unspecified atom stereocenters. The minimum atomic E-state index is -0.876. The van der Waals surface area contributed by atoms with Crippen LogP contribution in [0.1, 0.15) is 33.0 Å².